The summed E-state index contributed by atoms with van der Waals surface area (Å²) < 4.78 is 13.5. The van der Waals surface area contributed by atoms with Crippen molar-refractivity contribution in [2.75, 3.05) is 11.5 Å². The fourth-order valence-corrected chi connectivity index (χ4v) is 3.04. The molecule has 1 aromatic rings. The zero-order chi connectivity index (χ0) is 12.1. The number of nitrogens with zero attached hydrogens (tertiary/aromatic N) is 1. The number of nitriles is 1. The van der Waals surface area contributed by atoms with Gasteiger partial charge in [0.25, 0.3) is 0 Å². The van der Waals surface area contributed by atoms with Gasteiger partial charge < -0.3 is 5.32 Å². The highest BCUT2D eigenvalue weighted by Crippen LogP contribution is 2.18. The van der Waals surface area contributed by atoms with Crippen molar-refractivity contribution in [3.63, 3.8) is 0 Å². The predicted octanol–water partition coefficient (Wildman–Crippen LogP) is 2.68. The highest BCUT2D eigenvalue weighted by molar-refractivity contribution is 7.99. The van der Waals surface area contributed by atoms with E-state index in [1.807, 2.05) is 17.8 Å². The van der Waals surface area contributed by atoms with E-state index in [1.165, 1.54) is 24.3 Å². The third kappa shape index (κ3) is 3.45. The van der Waals surface area contributed by atoms with Crippen LogP contribution >= 0.6 is 11.8 Å². The first kappa shape index (κ1) is 12.4. The largest absolute Gasteiger partial charge is 0.309 e. The minimum absolute atomic E-state index is 0.236. The smallest absolute Gasteiger partial charge is 0.127 e. The molecule has 0 aliphatic carbocycles. The molecular weight excluding hydrogens is 235 g/mol. The van der Waals surface area contributed by atoms with Crippen molar-refractivity contribution in [3.05, 3.63) is 35.1 Å². The molecule has 17 heavy (non-hydrogen) atoms. The number of thioether (sulfide) groups is 1. The fraction of sp³-hybridized carbons (Fsp3) is 0.462. The maximum atomic E-state index is 13.5. The number of rotatable bonds is 3. The van der Waals surface area contributed by atoms with Crippen LogP contribution < -0.4 is 5.32 Å². The van der Waals surface area contributed by atoms with Crippen LogP contribution in [0.5, 0.6) is 0 Å². The lowest BCUT2D eigenvalue weighted by Gasteiger charge is -2.22. The van der Waals surface area contributed by atoms with E-state index in [-0.39, 0.29) is 5.82 Å². The van der Waals surface area contributed by atoms with E-state index in [9.17, 15) is 4.39 Å². The van der Waals surface area contributed by atoms with Crippen molar-refractivity contribution in [2.24, 2.45) is 0 Å². The lowest BCUT2D eigenvalue weighted by molar-refractivity contribution is 0.496. The maximum Gasteiger partial charge on any atom is 0.127 e. The molecule has 0 radical (unpaired) electrons. The van der Waals surface area contributed by atoms with E-state index >= 15 is 0 Å². The van der Waals surface area contributed by atoms with Crippen LogP contribution in [0.15, 0.2) is 18.2 Å². The Morgan fingerprint density at radius 3 is 3.12 bits per heavy atom. The van der Waals surface area contributed by atoms with Crippen molar-refractivity contribution in [3.8, 4) is 6.07 Å². The molecule has 0 saturated carbocycles. The molecule has 1 aromatic carbocycles. The molecule has 2 nitrogen and oxygen atoms in total. The second-order valence-electron chi connectivity index (χ2n) is 4.21. The van der Waals surface area contributed by atoms with Gasteiger partial charge in [-0.15, -0.1) is 0 Å². The summed E-state index contributed by atoms with van der Waals surface area (Å²) in [6.45, 7) is 0.507. The Labute approximate surface area is 105 Å². The first-order valence-corrected chi connectivity index (χ1v) is 6.94. The van der Waals surface area contributed by atoms with E-state index in [4.69, 9.17) is 5.26 Å². The zero-order valence-corrected chi connectivity index (χ0v) is 10.4. The van der Waals surface area contributed by atoms with Gasteiger partial charge in [0.1, 0.15) is 5.82 Å². The van der Waals surface area contributed by atoms with E-state index in [0.29, 0.717) is 23.7 Å². The molecule has 1 atom stereocenters. The van der Waals surface area contributed by atoms with Gasteiger partial charge in [0.2, 0.25) is 0 Å². The van der Waals surface area contributed by atoms with Crippen LogP contribution in [0.3, 0.4) is 0 Å². The third-order valence-electron chi connectivity index (χ3n) is 2.92. The first-order valence-electron chi connectivity index (χ1n) is 5.79. The van der Waals surface area contributed by atoms with Crippen molar-refractivity contribution in [2.45, 2.75) is 25.4 Å². The van der Waals surface area contributed by atoms with Crippen LogP contribution in [0.2, 0.25) is 0 Å². The van der Waals surface area contributed by atoms with Gasteiger partial charge in [0, 0.05) is 23.9 Å². The first-order chi connectivity index (χ1) is 8.29. The second-order valence-corrected chi connectivity index (χ2v) is 5.36. The number of benzene rings is 1. The number of halogens is 1. The molecule has 0 amide bonds. The Morgan fingerprint density at radius 1 is 1.53 bits per heavy atom. The van der Waals surface area contributed by atoms with Gasteiger partial charge in [-0.1, -0.05) is 0 Å². The van der Waals surface area contributed by atoms with Crippen LogP contribution in [0.4, 0.5) is 4.39 Å². The molecule has 2 rings (SSSR count). The van der Waals surface area contributed by atoms with Gasteiger partial charge in [-0.3, -0.25) is 0 Å². The lowest BCUT2D eigenvalue weighted by atomic mass is 10.1. The minimum atomic E-state index is -0.236. The third-order valence-corrected chi connectivity index (χ3v) is 4.13. The molecule has 1 unspecified atom stereocenters. The summed E-state index contributed by atoms with van der Waals surface area (Å²) in [5.41, 5.74) is 1.10. The van der Waals surface area contributed by atoms with Gasteiger partial charge in [-0.25, -0.2) is 4.39 Å². The summed E-state index contributed by atoms with van der Waals surface area (Å²) in [4.78, 5) is 0. The molecule has 1 fully saturated rings. The Bertz CT molecular complexity index is 422. The van der Waals surface area contributed by atoms with Crippen LogP contribution in [-0.4, -0.2) is 17.5 Å². The molecule has 0 bridgehead atoms. The molecule has 90 valence electrons. The molecule has 0 aromatic heterocycles. The quantitative estimate of drug-likeness (QED) is 0.896. The minimum Gasteiger partial charge on any atom is -0.309 e. The average molecular weight is 250 g/mol. The zero-order valence-electron chi connectivity index (χ0n) is 9.58. The van der Waals surface area contributed by atoms with E-state index < -0.39 is 0 Å². The van der Waals surface area contributed by atoms with Crippen molar-refractivity contribution >= 4 is 11.8 Å². The summed E-state index contributed by atoms with van der Waals surface area (Å²) in [6, 6.07) is 7.00. The normalized spacial score (nSPS) is 19.9. The molecule has 1 saturated heterocycles. The van der Waals surface area contributed by atoms with E-state index in [1.54, 1.807) is 6.07 Å². The molecular formula is C13H15FN2S. The van der Waals surface area contributed by atoms with Gasteiger partial charge in [-0.05, 0) is 36.8 Å². The molecule has 4 heteroatoms. The van der Waals surface area contributed by atoms with Crippen LogP contribution in [0.1, 0.15) is 24.0 Å². The predicted molar refractivity (Wildman–Crippen MR) is 68.3 cm³/mol. The van der Waals surface area contributed by atoms with E-state index in [0.717, 1.165) is 12.2 Å². The molecule has 1 heterocycles. The summed E-state index contributed by atoms with van der Waals surface area (Å²) in [7, 11) is 0. The molecule has 1 aliphatic rings. The second kappa shape index (κ2) is 6.04. The standard InChI is InChI=1S/C13H15FN2S/c14-13-4-3-10(7-15)6-11(13)8-16-12-2-1-5-17-9-12/h3-4,6,12,16H,1-2,5,8-9H2. The summed E-state index contributed by atoms with van der Waals surface area (Å²) >= 11 is 1.94. The molecule has 0 spiro atoms. The molecule has 1 N–H and O–H groups in total. The monoisotopic (exact) mass is 250 g/mol. The Morgan fingerprint density at radius 2 is 2.41 bits per heavy atom. The van der Waals surface area contributed by atoms with Crippen molar-refractivity contribution in [1.29, 1.82) is 5.26 Å². The highest BCUT2D eigenvalue weighted by atomic mass is 32.2. The van der Waals surface area contributed by atoms with Crippen LogP contribution in [-0.2, 0) is 6.54 Å². The Kier molecular flexibility index (Phi) is 4.41. The van der Waals surface area contributed by atoms with Crippen molar-refractivity contribution < 1.29 is 4.39 Å². The highest BCUT2D eigenvalue weighted by Gasteiger charge is 2.13. The van der Waals surface area contributed by atoms with Gasteiger partial charge in [0.05, 0.1) is 11.6 Å². The van der Waals surface area contributed by atoms with Gasteiger partial charge in [0.15, 0.2) is 0 Å². The van der Waals surface area contributed by atoms with Gasteiger partial charge >= 0.3 is 0 Å². The summed E-state index contributed by atoms with van der Waals surface area (Å²) in [5.74, 6) is 2.09. The summed E-state index contributed by atoms with van der Waals surface area (Å²) in [5, 5.41) is 12.1. The van der Waals surface area contributed by atoms with Crippen LogP contribution in [0.25, 0.3) is 0 Å². The Hall–Kier alpha value is -1.05. The topological polar surface area (TPSA) is 35.8 Å². The van der Waals surface area contributed by atoms with Gasteiger partial charge in [-0.2, -0.15) is 17.0 Å². The summed E-state index contributed by atoms with van der Waals surface area (Å²) in [6.07, 6.45) is 2.38. The number of nitrogens with one attached hydrogen (secondary N) is 1. The average Bonchev–Trinajstić information content (AvgIpc) is 2.39. The fourth-order valence-electron chi connectivity index (χ4n) is 1.94. The van der Waals surface area contributed by atoms with Crippen molar-refractivity contribution in [1.82, 2.24) is 5.32 Å². The SMILES string of the molecule is N#Cc1ccc(F)c(CNC2CCCSC2)c1. The lowest BCUT2D eigenvalue weighted by Crippen LogP contribution is -2.33. The Balaban J connectivity index is 1.95. The van der Waals surface area contributed by atoms with E-state index in [2.05, 4.69) is 5.32 Å². The number of hydrogen-bond acceptors (Lipinski definition) is 3. The van der Waals surface area contributed by atoms with Crippen LogP contribution in [0, 0.1) is 17.1 Å². The number of hydrogen-bond donors (Lipinski definition) is 1. The maximum absolute atomic E-state index is 13.5. The molecule has 1 aliphatic heterocycles.